The Morgan fingerprint density at radius 3 is 2.61 bits per heavy atom. The fraction of sp³-hybridized carbons (Fsp3) is 0.316. The predicted octanol–water partition coefficient (Wildman–Crippen LogP) is 3.11. The standard InChI is InChI=1S/C19H23NO3/c1-14(10-11-21)13-20-19(22)16-8-9-18(23-2)17(12-16)15-6-4-3-5-7-15/h3-9,12,14,21H,10-11,13H2,1-2H3,(H,20,22). The number of hydrogen-bond donors (Lipinski definition) is 2. The van der Waals surface area contributed by atoms with Crippen molar-refractivity contribution >= 4 is 5.91 Å². The molecule has 0 aliphatic carbocycles. The molecule has 1 amide bonds. The van der Waals surface area contributed by atoms with Crippen LogP contribution in [-0.2, 0) is 0 Å². The van der Waals surface area contributed by atoms with Gasteiger partial charge < -0.3 is 15.2 Å². The minimum absolute atomic E-state index is 0.116. The van der Waals surface area contributed by atoms with E-state index in [9.17, 15) is 4.79 Å². The summed E-state index contributed by atoms with van der Waals surface area (Å²) in [4.78, 5) is 12.3. The van der Waals surface area contributed by atoms with Gasteiger partial charge in [0.1, 0.15) is 5.75 Å². The molecule has 1 unspecified atom stereocenters. The fourth-order valence-corrected chi connectivity index (χ4v) is 2.38. The van der Waals surface area contributed by atoms with Gasteiger partial charge in [-0.2, -0.15) is 0 Å². The number of ether oxygens (including phenoxy) is 1. The molecule has 0 spiro atoms. The number of aliphatic hydroxyl groups excluding tert-OH is 1. The van der Waals surface area contributed by atoms with Gasteiger partial charge in [-0.15, -0.1) is 0 Å². The smallest absolute Gasteiger partial charge is 0.251 e. The first-order valence-corrected chi connectivity index (χ1v) is 7.78. The van der Waals surface area contributed by atoms with E-state index in [-0.39, 0.29) is 18.4 Å². The molecule has 0 fully saturated rings. The molecule has 4 nitrogen and oxygen atoms in total. The zero-order valence-electron chi connectivity index (χ0n) is 13.6. The van der Waals surface area contributed by atoms with Crippen LogP contribution in [0.1, 0.15) is 23.7 Å². The Morgan fingerprint density at radius 2 is 1.96 bits per heavy atom. The first-order valence-electron chi connectivity index (χ1n) is 7.78. The number of benzene rings is 2. The van der Waals surface area contributed by atoms with Crippen molar-refractivity contribution in [2.45, 2.75) is 13.3 Å². The van der Waals surface area contributed by atoms with Crippen molar-refractivity contribution in [3.63, 3.8) is 0 Å². The number of methoxy groups -OCH3 is 1. The third-order valence-corrected chi connectivity index (χ3v) is 3.78. The van der Waals surface area contributed by atoms with Crippen LogP contribution in [0, 0.1) is 5.92 Å². The van der Waals surface area contributed by atoms with Crippen LogP contribution in [-0.4, -0.2) is 31.3 Å². The summed E-state index contributed by atoms with van der Waals surface area (Å²) < 4.78 is 5.41. The van der Waals surface area contributed by atoms with Crippen LogP contribution in [0.5, 0.6) is 5.75 Å². The zero-order chi connectivity index (χ0) is 16.7. The number of carbonyl (C=O) groups excluding carboxylic acids is 1. The second-order valence-electron chi connectivity index (χ2n) is 5.61. The first-order chi connectivity index (χ1) is 11.2. The monoisotopic (exact) mass is 313 g/mol. The maximum absolute atomic E-state index is 12.3. The second kappa shape index (κ2) is 8.34. The molecule has 0 radical (unpaired) electrons. The van der Waals surface area contributed by atoms with Gasteiger partial charge in [0.2, 0.25) is 0 Å². The van der Waals surface area contributed by atoms with Crippen LogP contribution in [0.4, 0.5) is 0 Å². The Balaban J connectivity index is 2.19. The van der Waals surface area contributed by atoms with E-state index < -0.39 is 0 Å². The Kier molecular flexibility index (Phi) is 6.18. The van der Waals surface area contributed by atoms with Crippen LogP contribution in [0.25, 0.3) is 11.1 Å². The van der Waals surface area contributed by atoms with E-state index in [0.29, 0.717) is 18.5 Å². The lowest BCUT2D eigenvalue weighted by Gasteiger charge is -2.13. The number of rotatable bonds is 7. The molecule has 1 atom stereocenters. The van der Waals surface area contributed by atoms with Crippen molar-refractivity contribution in [3.8, 4) is 16.9 Å². The number of carbonyl (C=O) groups is 1. The molecule has 2 N–H and O–H groups in total. The molecular weight excluding hydrogens is 290 g/mol. The van der Waals surface area contributed by atoms with E-state index in [1.54, 1.807) is 13.2 Å². The molecule has 0 heterocycles. The molecule has 2 aromatic rings. The summed E-state index contributed by atoms with van der Waals surface area (Å²) in [7, 11) is 1.62. The highest BCUT2D eigenvalue weighted by Gasteiger charge is 2.12. The van der Waals surface area contributed by atoms with Gasteiger partial charge in [-0.05, 0) is 36.1 Å². The van der Waals surface area contributed by atoms with Gasteiger partial charge in [0.25, 0.3) is 5.91 Å². The third-order valence-electron chi connectivity index (χ3n) is 3.78. The Labute approximate surface area is 137 Å². The zero-order valence-corrected chi connectivity index (χ0v) is 13.6. The van der Waals surface area contributed by atoms with Gasteiger partial charge in [-0.3, -0.25) is 4.79 Å². The Morgan fingerprint density at radius 1 is 1.22 bits per heavy atom. The van der Waals surface area contributed by atoms with Crippen LogP contribution >= 0.6 is 0 Å². The predicted molar refractivity (Wildman–Crippen MR) is 91.6 cm³/mol. The molecule has 2 aromatic carbocycles. The van der Waals surface area contributed by atoms with E-state index in [4.69, 9.17) is 9.84 Å². The van der Waals surface area contributed by atoms with Crippen LogP contribution in [0.2, 0.25) is 0 Å². The van der Waals surface area contributed by atoms with Crippen LogP contribution < -0.4 is 10.1 Å². The van der Waals surface area contributed by atoms with Gasteiger partial charge >= 0.3 is 0 Å². The van der Waals surface area contributed by atoms with E-state index in [1.165, 1.54) is 0 Å². The van der Waals surface area contributed by atoms with E-state index >= 15 is 0 Å². The number of nitrogens with one attached hydrogen (secondary N) is 1. The average molecular weight is 313 g/mol. The van der Waals surface area contributed by atoms with E-state index in [2.05, 4.69) is 5.32 Å². The highest BCUT2D eigenvalue weighted by molar-refractivity contribution is 5.96. The molecule has 23 heavy (non-hydrogen) atoms. The lowest BCUT2D eigenvalue weighted by atomic mass is 10.0. The molecule has 0 saturated heterocycles. The summed E-state index contributed by atoms with van der Waals surface area (Å²) in [6.45, 7) is 2.68. The quantitative estimate of drug-likeness (QED) is 0.826. The van der Waals surface area contributed by atoms with Crippen molar-refractivity contribution in [3.05, 3.63) is 54.1 Å². The summed E-state index contributed by atoms with van der Waals surface area (Å²) in [6.07, 6.45) is 0.679. The molecule has 0 bridgehead atoms. The molecule has 0 aliphatic heterocycles. The minimum atomic E-state index is -0.116. The number of hydrogen-bond acceptors (Lipinski definition) is 3. The summed E-state index contributed by atoms with van der Waals surface area (Å²) in [6, 6.07) is 15.3. The van der Waals surface area contributed by atoms with Crippen molar-refractivity contribution < 1.29 is 14.6 Å². The highest BCUT2D eigenvalue weighted by atomic mass is 16.5. The van der Waals surface area contributed by atoms with Gasteiger partial charge in [0.05, 0.1) is 7.11 Å². The number of amides is 1. The summed E-state index contributed by atoms with van der Waals surface area (Å²) in [5, 5.41) is 11.8. The molecular formula is C19H23NO3. The summed E-state index contributed by atoms with van der Waals surface area (Å²) >= 11 is 0. The summed E-state index contributed by atoms with van der Waals surface area (Å²) in [5.74, 6) is 0.867. The molecule has 122 valence electrons. The summed E-state index contributed by atoms with van der Waals surface area (Å²) in [5.41, 5.74) is 2.50. The molecule has 0 aromatic heterocycles. The van der Waals surface area contributed by atoms with E-state index in [1.807, 2.05) is 49.4 Å². The third kappa shape index (κ3) is 4.57. The second-order valence-corrected chi connectivity index (χ2v) is 5.61. The largest absolute Gasteiger partial charge is 0.496 e. The van der Waals surface area contributed by atoms with Crippen molar-refractivity contribution in [2.24, 2.45) is 5.92 Å². The van der Waals surface area contributed by atoms with Crippen molar-refractivity contribution in [2.75, 3.05) is 20.3 Å². The van der Waals surface area contributed by atoms with Crippen molar-refractivity contribution in [1.82, 2.24) is 5.32 Å². The minimum Gasteiger partial charge on any atom is -0.496 e. The number of aliphatic hydroxyl groups is 1. The van der Waals surface area contributed by atoms with Gasteiger partial charge in [0, 0.05) is 24.3 Å². The van der Waals surface area contributed by atoms with Crippen molar-refractivity contribution in [1.29, 1.82) is 0 Å². The highest BCUT2D eigenvalue weighted by Crippen LogP contribution is 2.30. The maximum atomic E-state index is 12.3. The first kappa shape index (κ1) is 17.0. The van der Waals surface area contributed by atoms with Gasteiger partial charge in [-0.25, -0.2) is 0 Å². The van der Waals surface area contributed by atoms with E-state index in [0.717, 1.165) is 16.9 Å². The Hall–Kier alpha value is -2.33. The topological polar surface area (TPSA) is 58.6 Å². The van der Waals surface area contributed by atoms with Gasteiger partial charge in [0.15, 0.2) is 0 Å². The Bertz CT molecular complexity index is 640. The molecule has 4 heteroatoms. The normalized spacial score (nSPS) is 11.8. The lowest BCUT2D eigenvalue weighted by molar-refractivity contribution is 0.0945. The fourth-order valence-electron chi connectivity index (χ4n) is 2.38. The van der Waals surface area contributed by atoms with Crippen LogP contribution in [0.3, 0.4) is 0 Å². The molecule has 2 rings (SSSR count). The van der Waals surface area contributed by atoms with Crippen LogP contribution in [0.15, 0.2) is 48.5 Å². The average Bonchev–Trinajstić information content (AvgIpc) is 2.60. The van der Waals surface area contributed by atoms with Gasteiger partial charge in [-0.1, -0.05) is 37.3 Å². The molecule has 0 aliphatic rings. The maximum Gasteiger partial charge on any atom is 0.251 e. The SMILES string of the molecule is COc1ccc(C(=O)NCC(C)CCO)cc1-c1ccccc1. The lowest BCUT2D eigenvalue weighted by Crippen LogP contribution is -2.28. The molecule has 0 saturated carbocycles.